The van der Waals surface area contributed by atoms with E-state index >= 15 is 0 Å². The van der Waals surface area contributed by atoms with E-state index in [4.69, 9.17) is 10.00 Å². The van der Waals surface area contributed by atoms with Gasteiger partial charge in [-0.05, 0) is 17.7 Å². The fourth-order valence-corrected chi connectivity index (χ4v) is 1.68. The van der Waals surface area contributed by atoms with E-state index in [9.17, 15) is 4.79 Å². The molecule has 0 N–H and O–H groups in total. The fraction of sp³-hybridized carbons (Fsp3) is 0.231. The second kappa shape index (κ2) is 5.84. The first kappa shape index (κ1) is 13.5. The predicted molar refractivity (Wildman–Crippen MR) is 68.2 cm³/mol. The first-order valence-corrected chi connectivity index (χ1v) is 5.72. The Balaban J connectivity index is 2.20. The first-order chi connectivity index (χ1) is 9.67. The van der Waals surface area contributed by atoms with Gasteiger partial charge in [-0.15, -0.1) is 5.10 Å². The minimum Gasteiger partial charge on any atom is -0.495 e. The lowest BCUT2D eigenvalue weighted by atomic mass is 10.1. The largest absolute Gasteiger partial charge is 0.495 e. The molecule has 0 bridgehead atoms. The van der Waals surface area contributed by atoms with Crippen molar-refractivity contribution in [2.75, 3.05) is 14.2 Å². The highest BCUT2D eigenvalue weighted by Crippen LogP contribution is 2.19. The molecule has 0 amide bonds. The molecule has 0 atom stereocenters. The number of aromatic nitrogens is 3. The molecule has 1 aromatic carbocycles. The number of nitriles is 1. The lowest BCUT2D eigenvalue weighted by Gasteiger charge is -2.05. The molecule has 2 rings (SSSR count). The number of methoxy groups -OCH3 is 2. The molecule has 0 saturated carbocycles. The molecule has 0 aliphatic carbocycles. The number of benzene rings is 1. The van der Waals surface area contributed by atoms with Crippen LogP contribution in [0.5, 0.6) is 5.75 Å². The Labute approximate surface area is 115 Å². The zero-order chi connectivity index (χ0) is 14.5. The number of esters is 1. The van der Waals surface area contributed by atoms with E-state index in [1.807, 2.05) is 6.07 Å². The van der Waals surface area contributed by atoms with Crippen molar-refractivity contribution in [1.82, 2.24) is 14.8 Å². The summed E-state index contributed by atoms with van der Waals surface area (Å²) in [6.07, 6.45) is 1.43. The van der Waals surface area contributed by atoms with Gasteiger partial charge in [0.15, 0.2) is 0 Å². The maximum absolute atomic E-state index is 11.2. The molecule has 7 nitrogen and oxygen atoms in total. The van der Waals surface area contributed by atoms with E-state index in [0.717, 1.165) is 5.56 Å². The summed E-state index contributed by atoms with van der Waals surface area (Å²) in [6, 6.07) is 7.30. The number of hydrogen-bond acceptors (Lipinski definition) is 6. The molecular weight excluding hydrogens is 260 g/mol. The van der Waals surface area contributed by atoms with Crippen molar-refractivity contribution >= 4 is 5.97 Å². The molecule has 20 heavy (non-hydrogen) atoms. The van der Waals surface area contributed by atoms with Crippen LogP contribution in [-0.4, -0.2) is 35.0 Å². The van der Waals surface area contributed by atoms with Crippen LogP contribution in [0.1, 0.15) is 21.7 Å². The van der Waals surface area contributed by atoms with E-state index in [0.29, 0.717) is 17.9 Å². The van der Waals surface area contributed by atoms with Crippen molar-refractivity contribution in [3.8, 4) is 11.8 Å². The van der Waals surface area contributed by atoms with Crippen molar-refractivity contribution in [3.05, 3.63) is 41.5 Å². The second-order valence-electron chi connectivity index (χ2n) is 3.90. The van der Waals surface area contributed by atoms with Crippen LogP contribution < -0.4 is 4.74 Å². The number of carbonyl (C=O) groups is 1. The van der Waals surface area contributed by atoms with Gasteiger partial charge >= 0.3 is 5.97 Å². The topological polar surface area (TPSA) is 90.0 Å². The minimum absolute atomic E-state index is 0.00141. The summed E-state index contributed by atoms with van der Waals surface area (Å²) in [5.74, 6) is -0.0668. The molecule has 0 unspecified atom stereocenters. The lowest BCUT2D eigenvalue weighted by molar-refractivity contribution is 0.0586. The molecule has 1 heterocycles. The standard InChI is InChI=1S/C13H12N4O3/c1-19-11-4-3-9(5-10(11)6-14)7-17-8-15-12(16-17)13(18)20-2/h3-5,8H,7H2,1-2H3. The Bertz CT molecular complexity index is 672. The summed E-state index contributed by atoms with van der Waals surface area (Å²) < 4.78 is 11.1. The van der Waals surface area contributed by atoms with Gasteiger partial charge < -0.3 is 9.47 Å². The monoisotopic (exact) mass is 272 g/mol. The highest BCUT2D eigenvalue weighted by molar-refractivity contribution is 5.84. The number of hydrogen-bond donors (Lipinski definition) is 0. The maximum Gasteiger partial charge on any atom is 0.377 e. The molecule has 0 radical (unpaired) electrons. The van der Waals surface area contributed by atoms with Crippen molar-refractivity contribution < 1.29 is 14.3 Å². The van der Waals surface area contributed by atoms with Gasteiger partial charge in [0, 0.05) is 0 Å². The highest BCUT2D eigenvalue weighted by Gasteiger charge is 2.11. The third kappa shape index (κ3) is 2.75. The molecular formula is C13H12N4O3. The van der Waals surface area contributed by atoms with Gasteiger partial charge in [0.1, 0.15) is 18.1 Å². The van der Waals surface area contributed by atoms with Gasteiger partial charge in [0.2, 0.25) is 0 Å². The lowest BCUT2D eigenvalue weighted by Crippen LogP contribution is -2.06. The maximum atomic E-state index is 11.2. The Kier molecular flexibility index (Phi) is 3.96. The van der Waals surface area contributed by atoms with E-state index in [2.05, 4.69) is 20.9 Å². The Morgan fingerprint density at radius 3 is 2.90 bits per heavy atom. The van der Waals surface area contributed by atoms with Crippen LogP contribution in [0.25, 0.3) is 0 Å². The van der Waals surface area contributed by atoms with Crippen molar-refractivity contribution in [3.63, 3.8) is 0 Å². The fourth-order valence-electron chi connectivity index (χ4n) is 1.68. The van der Waals surface area contributed by atoms with Crippen LogP contribution >= 0.6 is 0 Å². The average Bonchev–Trinajstić information content (AvgIpc) is 2.94. The van der Waals surface area contributed by atoms with Crippen LogP contribution in [0.15, 0.2) is 24.5 Å². The molecule has 2 aromatic rings. The van der Waals surface area contributed by atoms with Crippen molar-refractivity contribution in [2.24, 2.45) is 0 Å². The highest BCUT2D eigenvalue weighted by atomic mass is 16.5. The zero-order valence-corrected chi connectivity index (χ0v) is 11.0. The molecule has 0 spiro atoms. The van der Waals surface area contributed by atoms with E-state index in [1.165, 1.54) is 25.2 Å². The van der Waals surface area contributed by atoms with Gasteiger partial charge in [-0.2, -0.15) is 5.26 Å². The third-order valence-electron chi connectivity index (χ3n) is 2.63. The summed E-state index contributed by atoms with van der Waals surface area (Å²) in [6.45, 7) is 0.392. The Morgan fingerprint density at radius 2 is 2.25 bits per heavy atom. The quantitative estimate of drug-likeness (QED) is 0.771. The van der Waals surface area contributed by atoms with Gasteiger partial charge in [-0.25, -0.2) is 14.5 Å². The van der Waals surface area contributed by atoms with E-state index in [1.54, 1.807) is 12.1 Å². The normalized spacial score (nSPS) is 9.85. The number of nitrogens with zero attached hydrogens (tertiary/aromatic N) is 4. The summed E-state index contributed by atoms with van der Waals surface area (Å²) in [5, 5.41) is 13.0. The summed E-state index contributed by atoms with van der Waals surface area (Å²) in [7, 11) is 2.78. The van der Waals surface area contributed by atoms with Gasteiger partial charge in [0.05, 0.1) is 26.3 Å². The molecule has 1 aromatic heterocycles. The van der Waals surface area contributed by atoms with Crippen LogP contribution in [0, 0.1) is 11.3 Å². The Morgan fingerprint density at radius 1 is 1.45 bits per heavy atom. The molecule has 0 aliphatic heterocycles. The summed E-state index contributed by atoms with van der Waals surface area (Å²) in [4.78, 5) is 15.1. The van der Waals surface area contributed by atoms with Crippen molar-refractivity contribution in [2.45, 2.75) is 6.54 Å². The molecule has 0 aliphatic rings. The first-order valence-electron chi connectivity index (χ1n) is 5.72. The zero-order valence-electron chi connectivity index (χ0n) is 11.0. The minimum atomic E-state index is -0.587. The summed E-state index contributed by atoms with van der Waals surface area (Å²) in [5.41, 5.74) is 1.29. The van der Waals surface area contributed by atoms with Crippen LogP contribution in [-0.2, 0) is 11.3 Å². The van der Waals surface area contributed by atoms with Crippen molar-refractivity contribution in [1.29, 1.82) is 5.26 Å². The predicted octanol–water partition coefficient (Wildman–Crippen LogP) is 0.993. The second-order valence-corrected chi connectivity index (χ2v) is 3.90. The smallest absolute Gasteiger partial charge is 0.377 e. The number of rotatable bonds is 4. The van der Waals surface area contributed by atoms with Gasteiger partial charge in [-0.3, -0.25) is 0 Å². The van der Waals surface area contributed by atoms with E-state index in [-0.39, 0.29) is 5.82 Å². The summed E-state index contributed by atoms with van der Waals surface area (Å²) >= 11 is 0. The number of ether oxygens (including phenoxy) is 2. The molecule has 0 fully saturated rings. The molecule has 0 saturated heterocycles. The van der Waals surface area contributed by atoms with Gasteiger partial charge in [0.25, 0.3) is 5.82 Å². The van der Waals surface area contributed by atoms with Crippen LogP contribution in [0.2, 0.25) is 0 Å². The van der Waals surface area contributed by atoms with Crippen LogP contribution in [0.3, 0.4) is 0 Å². The molecule has 102 valence electrons. The Hall–Kier alpha value is -2.88. The number of carbonyl (C=O) groups excluding carboxylic acids is 1. The SMILES string of the molecule is COC(=O)c1ncn(Cc2ccc(OC)c(C#N)c2)n1. The average molecular weight is 272 g/mol. The molecule has 7 heteroatoms. The van der Waals surface area contributed by atoms with Crippen LogP contribution in [0.4, 0.5) is 0 Å². The van der Waals surface area contributed by atoms with E-state index < -0.39 is 5.97 Å². The van der Waals surface area contributed by atoms with Gasteiger partial charge in [-0.1, -0.05) is 6.07 Å². The third-order valence-corrected chi connectivity index (χ3v) is 2.63.